The van der Waals surface area contributed by atoms with E-state index in [2.05, 4.69) is 4.72 Å². The van der Waals surface area contributed by atoms with E-state index >= 15 is 0 Å². The summed E-state index contributed by atoms with van der Waals surface area (Å²) in [7, 11) is -3.68. The van der Waals surface area contributed by atoms with Gasteiger partial charge in [-0.3, -0.25) is 0 Å². The molecule has 0 atom stereocenters. The van der Waals surface area contributed by atoms with Gasteiger partial charge in [0.2, 0.25) is 10.0 Å². The molecule has 1 aromatic carbocycles. The molecule has 0 heterocycles. The van der Waals surface area contributed by atoms with Crippen LogP contribution in [0.1, 0.15) is 35.3 Å². The topological polar surface area (TPSA) is 83.5 Å². The molecule has 6 heteroatoms. The molecule has 0 unspecified atom stereocenters. The zero-order chi connectivity index (χ0) is 14.8. The highest BCUT2D eigenvalue weighted by Crippen LogP contribution is 2.21. The third kappa shape index (κ3) is 3.78. The number of hydrogen-bond donors (Lipinski definition) is 2. The molecule has 0 aliphatic heterocycles. The fourth-order valence-electron chi connectivity index (χ4n) is 1.58. The molecular formula is C13H19NO4S. The summed E-state index contributed by atoms with van der Waals surface area (Å²) in [5.41, 5.74) is 1.19. The normalized spacial score (nSPS) is 11.8. The number of carboxylic acids is 1. The molecule has 0 saturated carbocycles. The first kappa shape index (κ1) is 15.7. The standard InChI is InChI=1S/C13H19NO4S/c1-8(2)7-14-19(17,18)12-6-11(13(15)16)5-9(3)10(12)4/h5-6,8,14H,7H2,1-4H3,(H,15,16). The van der Waals surface area contributed by atoms with Crippen molar-refractivity contribution in [3.05, 3.63) is 28.8 Å². The Hall–Kier alpha value is -1.40. The molecule has 0 aliphatic rings. The lowest BCUT2D eigenvalue weighted by Gasteiger charge is -2.13. The van der Waals surface area contributed by atoms with Crippen molar-refractivity contribution in [2.75, 3.05) is 6.54 Å². The Morgan fingerprint density at radius 2 is 1.89 bits per heavy atom. The molecule has 0 spiro atoms. The van der Waals surface area contributed by atoms with E-state index in [9.17, 15) is 13.2 Å². The van der Waals surface area contributed by atoms with Gasteiger partial charge in [0.1, 0.15) is 0 Å². The Bertz CT molecular complexity index is 591. The van der Waals surface area contributed by atoms with Crippen LogP contribution in [0, 0.1) is 19.8 Å². The number of rotatable bonds is 5. The predicted octanol–water partition coefficient (Wildman–Crippen LogP) is 1.94. The monoisotopic (exact) mass is 285 g/mol. The second-order valence-corrected chi connectivity index (χ2v) is 6.70. The van der Waals surface area contributed by atoms with Crippen LogP contribution >= 0.6 is 0 Å². The highest BCUT2D eigenvalue weighted by atomic mass is 32.2. The maximum absolute atomic E-state index is 12.2. The van der Waals surface area contributed by atoms with E-state index < -0.39 is 16.0 Å². The van der Waals surface area contributed by atoms with Crippen molar-refractivity contribution >= 4 is 16.0 Å². The minimum absolute atomic E-state index is 0.0204. The van der Waals surface area contributed by atoms with Crippen LogP contribution in [0.3, 0.4) is 0 Å². The fraction of sp³-hybridized carbons (Fsp3) is 0.462. The second-order valence-electron chi connectivity index (χ2n) is 4.97. The van der Waals surface area contributed by atoms with Gasteiger partial charge in [-0.2, -0.15) is 0 Å². The van der Waals surface area contributed by atoms with E-state index in [-0.39, 0.29) is 16.4 Å². The van der Waals surface area contributed by atoms with Gasteiger partial charge in [-0.1, -0.05) is 13.8 Å². The summed E-state index contributed by atoms with van der Waals surface area (Å²) in [6.07, 6.45) is 0. The molecule has 1 aromatic rings. The van der Waals surface area contributed by atoms with Gasteiger partial charge in [0.25, 0.3) is 0 Å². The lowest BCUT2D eigenvalue weighted by molar-refractivity contribution is 0.0696. The number of carbonyl (C=O) groups is 1. The summed E-state index contributed by atoms with van der Waals surface area (Å²) in [5.74, 6) is -0.956. The van der Waals surface area contributed by atoms with Crippen LogP contribution in [-0.4, -0.2) is 26.0 Å². The van der Waals surface area contributed by atoms with E-state index in [4.69, 9.17) is 5.11 Å². The fourth-order valence-corrected chi connectivity index (χ4v) is 3.14. The minimum atomic E-state index is -3.68. The van der Waals surface area contributed by atoms with E-state index in [0.29, 0.717) is 17.7 Å². The van der Waals surface area contributed by atoms with Crippen LogP contribution in [0.4, 0.5) is 0 Å². The largest absolute Gasteiger partial charge is 0.478 e. The quantitative estimate of drug-likeness (QED) is 0.866. The first-order valence-electron chi connectivity index (χ1n) is 5.99. The number of aryl methyl sites for hydroxylation is 1. The number of aromatic carboxylic acids is 1. The van der Waals surface area contributed by atoms with Crippen LogP contribution in [-0.2, 0) is 10.0 Å². The summed E-state index contributed by atoms with van der Waals surface area (Å²) in [6, 6.07) is 2.67. The maximum atomic E-state index is 12.2. The van der Waals surface area contributed by atoms with E-state index in [0.717, 1.165) is 0 Å². The Kier molecular flexibility index (Phi) is 4.70. The van der Waals surface area contributed by atoms with Gasteiger partial charge in [0, 0.05) is 6.54 Å². The number of hydrogen-bond acceptors (Lipinski definition) is 3. The zero-order valence-corrected chi connectivity index (χ0v) is 12.3. The van der Waals surface area contributed by atoms with E-state index in [1.54, 1.807) is 13.8 Å². The molecule has 0 bridgehead atoms. The lowest BCUT2D eigenvalue weighted by atomic mass is 10.1. The van der Waals surface area contributed by atoms with Crippen molar-refractivity contribution in [2.45, 2.75) is 32.6 Å². The molecule has 2 N–H and O–H groups in total. The van der Waals surface area contributed by atoms with Crippen LogP contribution in [0.5, 0.6) is 0 Å². The summed E-state index contributed by atoms with van der Waals surface area (Å²) >= 11 is 0. The number of nitrogens with one attached hydrogen (secondary N) is 1. The Morgan fingerprint density at radius 3 is 2.37 bits per heavy atom. The highest BCUT2D eigenvalue weighted by molar-refractivity contribution is 7.89. The summed E-state index contributed by atoms with van der Waals surface area (Å²) in [4.78, 5) is 11.0. The number of benzene rings is 1. The van der Waals surface area contributed by atoms with Crippen LogP contribution in [0.15, 0.2) is 17.0 Å². The Labute approximate surface area is 113 Å². The third-order valence-corrected chi connectivity index (χ3v) is 4.39. The molecule has 0 fully saturated rings. The highest BCUT2D eigenvalue weighted by Gasteiger charge is 2.20. The van der Waals surface area contributed by atoms with Gasteiger partial charge in [-0.05, 0) is 43.0 Å². The van der Waals surface area contributed by atoms with Gasteiger partial charge < -0.3 is 5.11 Å². The van der Waals surface area contributed by atoms with E-state index in [1.807, 2.05) is 13.8 Å². The van der Waals surface area contributed by atoms with Crippen molar-refractivity contribution in [3.63, 3.8) is 0 Å². The Balaban J connectivity index is 3.29. The van der Waals surface area contributed by atoms with Gasteiger partial charge in [0.15, 0.2) is 0 Å². The summed E-state index contributed by atoms with van der Waals surface area (Å²) < 4.78 is 26.8. The molecule has 1 rings (SSSR count). The molecule has 0 amide bonds. The third-order valence-electron chi connectivity index (χ3n) is 2.84. The molecule has 0 aromatic heterocycles. The Morgan fingerprint density at radius 1 is 1.32 bits per heavy atom. The van der Waals surface area contributed by atoms with Gasteiger partial charge >= 0.3 is 5.97 Å². The van der Waals surface area contributed by atoms with Crippen LogP contribution in [0.25, 0.3) is 0 Å². The average Bonchev–Trinajstić information content (AvgIpc) is 2.29. The zero-order valence-electron chi connectivity index (χ0n) is 11.5. The molecule has 0 radical (unpaired) electrons. The maximum Gasteiger partial charge on any atom is 0.335 e. The van der Waals surface area contributed by atoms with Crippen molar-refractivity contribution < 1.29 is 18.3 Å². The first-order chi connectivity index (χ1) is 8.65. The molecule has 19 heavy (non-hydrogen) atoms. The van der Waals surface area contributed by atoms with Crippen molar-refractivity contribution in [2.24, 2.45) is 5.92 Å². The van der Waals surface area contributed by atoms with Crippen molar-refractivity contribution in [1.82, 2.24) is 4.72 Å². The van der Waals surface area contributed by atoms with Crippen molar-refractivity contribution in [3.8, 4) is 0 Å². The molecule has 0 aliphatic carbocycles. The predicted molar refractivity (Wildman–Crippen MR) is 72.9 cm³/mol. The van der Waals surface area contributed by atoms with Crippen molar-refractivity contribution in [1.29, 1.82) is 0 Å². The molecule has 106 valence electrons. The molecular weight excluding hydrogens is 266 g/mol. The smallest absolute Gasteiger partial charge is 0.335 e. The summed E-state index contributed by atoms with van der Waals surface area (Å²) in [6.45, 7) is 7.48. The van der Waals surface area contributed by atoms with Gasteiger partial charge in [-0.15, -0.1) is 0 Å². The minimum Gasteiger partial charge on any atom is -0.478 e. The molecule has 0 saturated heterocycles. The lowest BCUT2D eigenvalue weighted by Crippen LogP contribution is -2.28. The first-order valence-corrected chi connectivity index (χ1v) is 7.47. The van der Waals surface area contributed by atoms with Crippen LogP contribution in [0.2, 0.25) is 0 Å². The van der Waals surface area contributed by atoms with Gasteiger partial charge in [-0.25, -0.2) is 17.9 Å². The summed E-state index contributed by atoms with van der Waals surface area (Å²) in [5, 5.41) is 8.99. The molecule has 5 nitrogen and oxygen atoms in total. The number of carboxylic acid groups (broad SMARTS) is 1. The number of sulfonamides is 1. The van der Waals surface area contributed by atoms with Crippen LogP contribution < -0.4 is 4.72 Å². The van der Waals surface area contributed by atoms with Gasteiger partial charge in [0.05, 0.1) is 10.5 Å². The van der Waals surface area contributed by atoms with E-state index in [1.165, 1.54) is 12.1 Å². The SMILES string of the molecule is Cc1cc(C(=O)O)cc(S(=O)(=O)NCC(C)C)c1C. The second kappa shape index (κ2) is 5.71. The average molecular weight is 285 g/mol.